The molecule has 1 N–H and O–H groups in total. The Labute approximate surface area is 162 Å². The van der Waals surface area contributed by atoms with Gasteiger partial charge in [0.1, 0.15) is 16.4 Å². The van der Waals surface area contributed by atoms with Crippen molar-refractivity contribution in [1.29, 1.82) is 0 Å². The molecule has 6 nitrogen and oxygen atoms in total. The lowest BCUT2D eigenvalue weighted by Crippen LogP contribution is -2.12. The number of anilines is 3. The zero-order valence-corrected chi connectivity index (χ0v) is 16.5. The van der Waals surface area contributed by atoms with Crippen LogP contribution in [-0.2, 0) is 0 Å². The van der Waals surface area contributed by atoms with Crippen LogP contribution < -0.4 is 19.7 Å². The van der Waals surface area contributed by atoms with Gasteiger partial charge >= 0.3 is 0 Å². The van der Waals surface area contributed by atoms with E-state index >= 15 is 0 Å². The predicted molar refractivity (Wildman–Crippen MR) is 109 cm³/mol. The first-order chi connectivity index (χ1) is 13.0. The van der Waals surface area contributed by atoms with Crippen LogP contribution in [0.4, 0.5) is 16.5 Å². The standard InChI is InChI=1S/C20H21N3O3S/c1-13-18(27-20(21-13)23(2)14-8-6-5-7-9-14)19(24)22-16-11-10-15(25-3)12-17(16)26-4/h5-12H,1-4H3,(H,22,24). The highest BCUT2D eigenvalue weighted by Gasteiger charge is 2.19. The molecule has 1 heterocycles. The summed E-state index contributed by atoms with van der Waals surface area (Å²) in [5, 5.41) is 3.65. The summed E-state index contributed by atoms with van der Waals surface area (Å²) in [4.78, 5) is 19.9. The molecular formula is C20H21N3O3S. The van der Waals surface area contributed by atoms with Gasteiger partial charge in [0.05, 0.1) is 25.6 Å². The van der Waals surface area contributed by atoms with Gasteiger partial charge in [0.2, 0.25) is 0 Å². The lowest BCUT2D eigenvalue weighted by molar-refractivity contribution is 0.102. The van der Waals surface area contributed by atoms with Crippen molar-refractivity contribution in [3.8, 4) is 11.5 Å². The fourth-order valence-electron chi connectivity index (χ4n) is 2.58. The number of aryl methyl sites for hydroxylation is 1. The van der Waals surface area contributed by atoms with Crippen molar-refractivity contribution in [2.24, 2.45) is 0 Å². The molecule has 27 heavy (non-hydrogen) atoms. The molecule has 1 aromatic heterocycles. The molecule has 3 rings (SSSR count). The van der Waals surface area contributed by atoms with E-state index in [0.717, 1.165) is 10.8 Å². The summed E-state index contributed by atoms with van der Waals surface area (Å²) < 4.78 is 10.5. The molecule has 0 saturated heterocycles. The first-order valence-electron chi connectivity index (χ1n) is 8.33. The van der Waals surface area contributed by atoms with Crippen LogP contribution in [0.5, 0.6) is 11.5 Å². The molecule has 0 unspecified atom stereocenters. The molecule has 0 saturated carbocycles. The summed E-state index contributed by atoms with van der Waals surface area (Å²) in [6, 6.07) is 15.1. The minimum atomic E-state index is -0.221. The van der Waals surface area contributed by atoms with Gasteiger partial charge in [-0.3, -0.25) is 4.79 Å². The van der Waals surface area contributed by atoms with Gasteiger partial charge in [-0.15, -0.1) is 0 Å². The number of hydrogen-bond donors (Lipinski definition) is 1. The van der Waals surface area contributed by atoms with E-state index < -0.39 is 0 Å². The van der Waals surface area contributed by atoms with Crippen molar-refractivity contribution < 1.29 is 14.3 Å². The number of rotatable bonds is 6. The van der Waals surface area contributed by atoms with Gasteiger partial charge in [0.25, 0.3) is 5.91 Å². The van der Waals surface area contributed by atoms with E-state index in [9.17, 15) is 4.79 Å². The molecule has 0 atom stereocenters. The van der Waals surface area contributed by atoms with E-state index in [-0.39, 0.29) is 5.91 Å². The highest BCUT2D eigenvalue weighted by Crippen LogP contribution is 2.33. The van der Waals surface area contributed by atoms with Gasteiger partial charge in [-0.1, -0.05) is 29.5 Å². The number of hydrogen-bond acceptors (Lipinski definition) is 6. The summed E-state index contributed by atoms with van der Waals surface area (Å²) in [6.07, 6.45) is 0. The molecule has 2 aromatic carbocycles. The SMILES string of the molecule is COc1ccc(NC(=O)c2sc(N(C)c3ccccc3)nc2C)c(OC)c1. The van der Waals surface area contributed by atoms with Crippen LogP contribution in [-0.4, -0.2) is 32.2 Å². The molecule has 0 aliphatic carbocycles. The van der Waals surface area contributed by atoms with Gasteiger partial charge in [-0.25, -0.2) is 4.98 Å². The number of aromatic nitrogens is 1. The molecular weight excluding hydrogens is 362 g/mol. The maximum atomic E-state index is 12.8. The first kappa shape index (κ1) is 18.7. The number of ether oxygens (including phenoxy) is 2. The zero-order valence-electron chi connectivity index (χ0n) is 15.6. The summed E-state index contributed by atoms with van der Waals surface area (Å²) in [7, 11) is 5.07. The average molecular weight is 383 g/mol. The lowest BCUT2D eigenvalue weighted by Gasteiger charge is -2.15. The van der Waals surface area contributed by atoms with E-state index in [1.165, 1.54) is 11.3 Å². The van der Waals surface area contributed by atoms with Crippen LogP contribution >= 0.6 is 11.3 Å². The maximum Gasteiger partial charge on any atom is 0.267 e. The smallest absolute Gasteiger partial charge is 0.267 e. The Balaban J connectivity index is 1.83. The molecule has 0 spiro atoms. The molecule has 0 bridgehead atoms. The highest BCUT2D eigenvalue weighted by atomic mass is 32.1. The summed E-state index contributed by atoms with van der Waals surface area (Å²) in [5.41, 5.74) is 2.27. The Bertz CT molecular complexity index is 941. The zero-order chi connectivity index (χ0) is 19.4. The molecule has 0 radical (unpaired) electrons. The predicted octanol–water partition coefficient (Wildman–Crippen LogP) is 4.49. The van der Waals surface area contributed by atoms with E-state index in [1.807, 2.05) is 49.2 Å². The monoisotopic (exact) mass is 383 g/mol. The number of nitrogens with zero attached hydrogens (tertiary/aromatic N) is 2. The third kappa shape index (κ3) is 4.03. The number of benzene rings is 2. The Hall–Kier alpha value is -3.06. The van der Waals surface area contributed by atoms with Crippen molar-refractivity contribution >= 4 is 33.8 Å². The molecule has 7 heteroatoms. The second kappa shape index (κ2) is 8.09. The molecule has 3 aromatic rings. The van der Waals surface area contributed by atoms with Crippen molar-refractivity contribution in [3.63, 3.8) is 0 Å². The van der Waals surface area contributed by atoms with Gasteiger partial charge in [-0.05, 0) is 31.2 Å². The number of methoxy groups -OCH3 is 2. The lowest BCUT2D eigenvalue weighted by atomic mass is 10.2. The Morgan fingerprint density at radius 2 is 1.85 bits per heavy atom. The molecule has 140 valence electrons. The number of carbonyl (C=O) groups excluding carboxylic acids is 1. The summed E-state index contributed by atoms with van der Waals surface area (Å²) in [6.45, 7) is 1.83. The van der Waals surface area contributed by atoms with Crippen LogP contribution in [0.3, 0.4) is 0 Å². The number of para-hydroxylation sites is 1. The minimum absolute atomic E-state index is 0.221. The number of carbonyl (C=O) groups is 1. The van der Waals surface area contributed by atoms with E-state index in [1.54, 1.807) is 32.4 Å². The van der Waals surface area contributed by atoms with E-state index in [4.69, 9.17) is 9.47 Å². The molecule has 0 aliphatic heterocycles. The Morgan fingerprint density at radius 3 is 2.52 bits per heavy atom. The normalized spacial score (nSPS) is 10.4. The van der Waals surface area contributed by atoms with Gasteiger partial charge in [0.15, 0.2) is 5.13 Å². The number of thiazole rings is 1. The second-order valence-electron chi connectivity index (χ2n) is 5.83. The second-order valence-corrected chi connectivity index (χ2v) is 6.80. The largest absolute Gasteiger partial charge is 0.497 e. The fraction of sp³-hybridized carbons (Fsp3) is 0.200. The minimum Gasteiger partial charge on any atom is -0.497 e. The van der Waals surface area contributed by atoms with Crippen molar-refractivity contribution in [1.82, 2.24) is 4.98 Å². The highest BCUT2D eigenvalue weighted by molar-refractivity contribution is 7.17. The van der Waals surface area contributed by atoms with Gasteiger partial charge in [0, 0.05) is 18.8 Å². The summed E-state index contributed by atoms with van der Waals surface area (Å²) in [5.74, 6) is 0.971. The van der Waals surface area contributed by atoms with E-state index in [2.05, 4.69) is 10.3 Å². The third-order valence-corrected chi connectivity index (χ3v) is 5.31. The Morgan fingerprint density at radius 1 is 1.11 bits per heavy atom. The van der Waals surface area contributed by atoms with Crippen LogP contribution in [0, 0.1) is 6.92 Å². The fourth-order valence-corrected chi connectivity index (χ4v) is 3.52. The molecule has 0 fully saturated rings. The van der Waals surface area contributed by atoms with Crippen LogP contribution in [0.25, 0.3) is 0 Å². The quantitative estimate of drug-likeness (QED) is 0.679. The maximum absolute atomic E-state index is 12.8. The number of amides is 1. The summed E-state index contributed by atoms with van der Waals surface area (Å²) >= 11 is 1.35. The Kier molecular flexibility index (Phi) is 5.61. The van der Waals surface area contributed by atoms with E-state index in [0.29, 0.717) is 27.8 Å². The van der Waals surface area contributed by atoms with Gasteiger partial charge < -0.3 is 19.7 Å². The van der Waals surface area contributed by atoms with Crippen molar-refractivity contribution in [3.05, 3.63) is 59.1 Å². The van der Waals surface area contributed by atoms with Crippen LogP contribution in [0.15, 0.2) is 48.5 Å². The average Bonchev–Trinajstić information content (AvgIpc) is 3.10. The van der Waals surface area contributed by atoms with Crippen molar-refractivity contribution in [2.75, 3.05) is 31.5 Å². The topological polar surface area (TPSA) is 63.7 Å². The van der Waals surface area contributed by atoms with Crippen molar-refractivity contribution in [2.45, 2.75) is 6.92 Å². The van der Waals surface area contributed by atoms with Crippen LogP contribution in [0.1, 0.15) is 15.4 Å². The molecule has 0 aliphatic rings. The van der Waals surface area contributed by atoms with Crippen LogP contribution in [0.2, 0.25) is 0 Å². The molecule has 1 amide bonds. The number of nitrogens with one attached hydrogen (secondary N) is 1. The first-order valence-corrected chi connectivity index (χ1v) is 9.14. The van der Waals surface area contributed by atoms with Gasteiger partial charge in [-0.2, -0.15) is 0 Å². The third-order valence-electron chi connectivity index (χ3n) is 4.08.